The minimum absolute atomic E-state index is 0.0143. The van der Waals surface area contributed by atoms with Crippen molar-refractivity contribution in [3.8, 4) is 0 Å². The molecule has 0 saturated carbocycles. The molecule has 0 bridgehead atoms. The maximum absolute atomic E-state index is 12.6. The first-order valence-electron chi connectivity index (χ1n) is 6.54. The Morgan fingerprint density at radius 1 is 1.38 bits per heavy atom. The molecule has 0 unspecified atom stereocenters. The lowest BCUT2D eigenvalue weighted by atomic mass is 10.2. The van der Waals surface area contributed by atoms with E-state index in [9.17, 15) is 14.9 Å². The standard InChI is InChI=1S/C14H13N3O3S/c18-14(10-8-13(17(19)20)21-9-10)16-7-3-6-15-11-4-1-2-5-12(11)16/h1-2,4-5,8-9,15H,3,6-7H2. The Kier molecular flexibility index (Phi) is 3.57. The first-order valence-corrected chi connectivity index (χ1v) is 7.42. The number of nitro groups is 1. The Hall–Kier alpha value is -2.41. The number of hydrogen-bond donors (Lipinski definition) is 1. The molecule has 2 aromatic rings. The van der Waals surface area contributed by atoms with Gasteiger partial charge in [-0.1, -0.05) is 23.5 Å². The monoisotopic (exact) mass is 303 g/mol. The van der Waals surface area contributed by atoms with Gasteiger partial charge in [-0.15, -0.1) is 0 Å². The Morgan fingerprint density at radius 3 is 2.95 bits per heavy atom. The summed E-state index contributed by atoms with van der Waals surface area (Å²) in [5.41, 5.74) is 2.09. The molecule has 1 N–H and O–H groups in total. The molecule has 0 aliphatic carbocycles. The molecule has 108 valence electrons. The number of para-hydroxylation sites is 2. The van der Waals surface area contributed by atoms with Gasteiger partial charge in [-0.3, -0.25) is 14.9 Å². The van der Waals surface area contributed by atoms with E-state index in [1.54, 1.807) is 10.3 Å². The van der Waals surface area contributed by atoms with Crippen molar-refractivity contribution in [1.29, 1.82) is 0 Å². The van der Waals surface area contributed by atoms with Crippen molar-refractivity contribution in [2.45, 2.75) is 6.42 Å². The second-order valence-electron chi connectivity index (χ2n) is 4.68. The smallest absolute Gasteiger partial charge is 0.324 e. The van der Waals surface area contributed by atoms with E-state index < -0.39 is 4.92 Å². The number of rotatable bonds is 2. The molecule has 0 atom stereocenters. The van der Waals surface area contributed by atoms with Crippen molar-refractivity contribution in [2.24, 2.45) is 0 Å². The zero-order valence-electron chi connectivity index (χ0n) is 11.1. The van der Waals surface area contributed by atoms with Gasteiger partial charge in [-0.2, -0.15) is 0 Å². The normalized spacial score (nSPS) is 14.0. The van der Waals surface area contributed by atoms with Crippen LogP contribution >= 0.6 is 11.3 Å². The summed E-state index contributed by atoms with van der Waals surface area (Å²) < 4.78 is 0. The molecule has 0 radical (unpaired) electrons. The molecule has 0 saturated heterocycles. The van der Waals surface area contributed by atoms with Crippen molar-refractivity contribution < 1.29 is 9.72 Å². The average molecular weight is 303 g/mol. The third-order valence-corrected chi connectivity index (χ3v) is 4.21. The predicted molar refractivity (Wildman–Crippen MR) is 82.2 cm³/mol. The van der Waals surface area contributed by atoms with Gasteiger partial charge in [0.1, 0.15) is 0 Å². The van der Waals surface area contributed by atoms with Crippen LogP contribution in [0.25, 0.3) is 0 Å². The summed E-state index contributed by atoms with van der Waals surface area (Å²) in [6.07, 6.45) is 0.826. The van der Waals surface area contributed by atoms with Gasteiger partial charge in [0.15, 0.2) is 0 Å². The van der Waals surface area contributed by atoms with Crippen molar-refractivity contribution in [1.82, 2.24) is 0 Å². The summed E-state index contributed by atoms with van der Waals surface area (Å²) in [5.74, 6) is -0.199. The second kappa shape index (κ2) is 5.53. The molecule has 6 nitrogen and oxygen atoms in total. The number of nitrogens with zero attached hydrogens (tertiary/aromatic N) is 2. The minimum atomic E-state index is -0.473. The van der Waals surface area contributed by atoms with Crippen LogP contribution in [0.4, 0.5) is 16.4 Å². The third-order valence-electron chi connectivity index (χ3n) is 3.33. The van der Waals surface area contributed by atoms with Crippen molar-refractivity contribution in [2.75, 3.05) is 23.3 Å². The lowest BCUT2D eigenvalue weighted by Gasteiger charge is -2.21. The maximum atomic E-state index is 12.6. The Morgan fingerprint density at radius 2 is 2.19 bits per heavy atom. The molecule has 2 heterocycles. The molecule has 3 rings (SSSR count). The van der Waals surface area contributed by atoms with Crippen LogP contribution < -0.4 is 10.2 Å². The van der Waals surface area contributed by atoms with E-state index in [2.05, 4.69) is 5.32 Å². The fraction of sp³-hybridized carbons (Fsp3) is 0.214. The number of nitrogens with one attached hydrogen (secondary N) is 1. The minimum Gasteiger partial charge on any atom is -0.383 e. The number of fused-ring (bicyclic) bond motifs is 1. The quantitative estimate of drug-likeness (QED) is 0.683. The van der Waals surface area contributed by atoms with E-state index in [4.69, 9.17) is 0 Å². The summed E-state index contributed by atoms with van der Waals surface area (Å²) in [6.45, 7) is 1.39. The summed E-state index contributed by atoms with van der Waals surface area (Å²) in [6, 6.07) is 8.94. The van der Waals surface area contributed by atoms with Gasteiger partial charge < -0.3 is 10.2 Å². The Bertz CT molecular complexity index is 698. The largest absolute Gasteiger partial charge is 0.383 e. The lowest BCUT2D eigenvalue weighted by molar-refractivity contribution is -0.380. The van der Waals surface area contributed by atoms with Crippen molar-refractivity contribution >= 4 is 33.6 Å². The lowest BCUT2D eigenvalue weighted by Crippen LogP contribution is -2.31. The number of anilines is 2. The van der Waals surface area contributed by atoms with E-state index in [-0.39, 0.29) is 10.9 Å². The summed E-state index contributed by atoms with van der Waals surface area (Å²) >= 11 is 0.974. The highest BCUT2D eigenvalue weighted by atomic mass is 32.1. The molecule has 1 aliphatic rings. The van der Waals surface area contributed by atoms with Crippen LogP contribution in [0.5, 0.6) is 0 Å². The van der Waals surface area contributed by atoms with Crippen LogP contribution in [0, 0.1) is 10.1 Å². The summed E-state index contributed by atoms with van der Waals surface area (Å²) in [5, 5.41) is 15.6. The van der Waals surface area contributed by atoms with E-state index in [1.165, 1.54) is 6.07 Å². The highest BCUT2D eigenvalue weighted by molar-refractivity contribution is 7.13. The molecular formula is C14H13N3O3S. The molecule has 7 heteroatoms. The van der Waals surface area contributed by atoms with Crippen molar-refractivity contribution in [3.63, 3.8) is 0 Å². The number of thiophene rings is 1. The van der Waals surface area contributed by atoms with Crippen LogP contribution in [-0.4, -0.2) is 23.9 Å². The van der Waals surface area contributed by atoms with E-state index >= 15 is 0 Å². The maximum Gasteiger partial charge on any atom is 0.324 e. The number of hydrogen-bond acceptors (Lipinski definition) is 5. The van der Waals surface area contributed by atoms with Crippen LogP contribution in [0.15, 0.2) is 35.7 Å². The van der Waals surface area contributed by atoms with E-state index in [1.807, 2.05) is 24.3 Å². The second-order valence-corrected chi connectivity index (χ2v) is 5.57. The van der Waals surface area contributed by atoms with Gasteiger partial charge in [0.25, 0.3) is 5.91 Å². The Balaban J connectivity index is 1.95. The fourth-order valence-corrected chi connectivity index (χ4v) is 3.04. The highest BCUT2D eigenvalue weighted by Gasteiger charge is 2.24. The van der Waals surface area contributed by atoms with Gasteiger partial charge in [-0.25, -0.2) is 0 Å². The molecule has 0 fully saturated rings. The molecule has 1 aromatic carbocycles. The zero-order valence-corrected chi connectivity index (χ0v) is 11.9. The predicted octanol–water partition coefficient (Wildman–Crippen LogP) is 3.12. The Labute approximate surface area is 125 Å². The molecule has 1 aromatic heterocycles. The molecule has 0 spiro atoms. The average Bonchev–Trinajstić information content (AvgIpc) is 2.88. The molecular weight excluding hydrogens is 290 g/mol. The van der Waals surface area contributed by atoms with Crippen LogP contribution in [0.1, 0.15) is 16.8 Å². The molecule has 1 aliphatic heterocycles. The SMILES string of the molecule is O=C(c1csc([N+](=O)[O-])c1)N1CCCNc2ccccc21. The first kappa shape index (κ1) is 13.6. The molecule has 21 heavy (non-hydrogen) atoms. The van der Waals surface area contributed by atoms with Gasteiger partial charge in [0, 0.05) is 24.5 Å². The van der Waals surface area contributed by atoms with Crippen molar-refractivity contribution in [3.05, 3.63) is 51.4 Å². The fourth-order valence-electron chi connectivity index (χ4n) is 2.34. The van der Waals surface area contributed by atoms with Gasteiger partial charge >= 0.3 is 5.00 Å². The van der Waals surface area contributed by atoms with E-state index in [0.29, 0.717) is 12.1 Å². The van der Waals surface area contributed by atoms with Crippen LogP contribution in [0.2, 0.25) is 0 Å². The molecule has 1 amide bonds. The third kappa shape index (κ3) is 2.59. The highest BCUT2D eigenvalue weighted by Crippen LogP contribution is 2.31. The number of carbonyl (C=O) groups is 1. The van der Waals surface area contributed by atoms with Gasteiger partial charge in [0.2, 0.25) is 0 Å². The summed E-state index contributed by atoms with van der Waals surface area (Å²) in [4.78, 5) is 24.6. The number of benzene rings is 1. The topological polar surface area (TPSA) is 75.5 Å². The van der Waals surface area contributed by atoms with Crippen LogP contribution in [-0.2, 0) is 0 Å². The van der Waals surface area contributed by atoms with E-state index in [0.717, 1.165) is 35.7 Å². The van der Waals surface area contributed by atoms with Gasteiger partial charge in [-0.05, 0) is 18.6 Å². The van der Waals surface area contributed by atoms with Crippen LogP contribution in [0.3, 0.4) is 0 Å². The van der Waals surface area contributed by atoms with Gasteiger partial charge in [0.05, 0.1) is 21.9 Å². The zero-order chi connectivity index (χ0) is 14.8. The first-order chi connectivity index (χ1) is 10.2. The summed E-state index contributed by atoms with van der Waals surface area (Å²) in [7, 11) is 0. The number of carbonyl (C=O) groups excluding carboxylic acids is 1. The number of amides is 1.